The van der Waals surface area contributed by atoms with Gasteiger partial charge in [0, 0.05) is 12.1 Å². The fraction of sp³-hybridized carbons (Fsp3) is 0.389. The molecule has 0 fully saturated rings. The van der Waals surface area contributed by atoms with Crippen LogP contribution < -0.4 is 10.9 Å². The van der Waals surface area contributed by atoms with Crippen LogP contribution >= 0.6 is 11.8 Å². The minimum Gasteiger partial charge on any atom is -0.355 e. The lowest BCUT2D eigenvalue weighted by atomic mass is 9.97. The van der Waals surface area contributed by atoms with E-state index in [1.54, 1.807) is 0 Å². The van der Waals surface area contributed by atoms with Gasteiger partial charge in [0.25, 0.3) is 5.56 Å². The van der Waals surface area contributed by atoms with Gasteiger partial charge in [-0.2, -0.15) is 0 Å². The Hall–Kier alpha value is -2.08. The molecule has 0 atom stereocenters. The number of rotatable bonds is 6. The van der Waals surface area contributed by atoms with Crippen molar-refractivity contribution in [2.24, 2.45) is 0 Å². The number of aryl methyl sites for hydroxylation is 1. The number of benzene rings is 1. The average molecular weight is 343 g/mol. The zero-order valence-electron chi connectivity index (χ0n) is 13.5. The number of thioether (sulfide) groups is 1. The van der Waals surface area contributed by atoms with Crippen molar-refractivity contribution in [2.45, 2.75) is 37.3 Å². The highest BCUT2D eigenvalue weighted by Crippen LogP contribution is 2.19. The molecule has 3 rings (SSSR count). The second kappa shape index (κ2) is 8.15. The first-order valence-electron chi connectivity index (χ1n) is 8.28. The standard InChI is InChI=1S/C18H21N3O2S/c22-16(19-11-10-13-6-2-1-3-7-13)12-24-18-20-15-9-5-4-8-14(15)17(23)21-18/h1-3,6-7H,4-5,8-12H2,(H,19,22)(H,20,21,23). The molecule has 1 aromatic heterocycles. The van der Waals surface area contributed by atoms with Gasteiger partial charge in [-0.1, -0.05) is 42.1 Å². The molecule has 1 amide bonds. The number of H-pyrrole nitrogens is 1. The summed E-state index contributed by atoms with van der Waals surface area (Å²) in [5.74, 6) is 0.215. The molecule has 5 nitrogen and oxygen atoms in total. The van der Waals surface area contributed by atoms with Crippen molar-refractivity contribution in [3.63, 3.8) is 0 Å². The molecule has 1 aromatic carbocycles. The molecule has 6 heteroatoms. The summed E-state index contributed by atoms with van der Waals surface area (Å²) in [6.45, 7) is 0.609. The van der Waals surface area contributed by atoms with Gasteiger partial charge in [-0.3, -0.25) is 9.59 Å². The molecule has 1 aliphatic carbocycles. The van der Waals surface area contributed by atoms with Gasteiger partial charge in [-0.25, -0.2) is 4.98 Å². The number of fused-ring (bicyclic) bond motifs is 1. The molecular weight excluding hydrogens is 322 g/mol. The Morgan fingerprint density at radius 3 is 2.83 bits per heavy atom. The summed E-state index contributed by atoms with van der Waals surface area (Å²) in [6, 6.07) is 10.0. The highest BCUT2D eigenvalue weighted by molar-refractivity contribution is 7.99. The van der Waals surface area contributed by atoms with Crippen LogP contribution in [0.3, 0.4) is 0 Å². The lowest BCUT2D eigenvalue weighted by Crippen LogP contribution is -2.27. The minimum absolute atomic E-state index is 0.0451. The van der Waals surface area contributed by atoms with Crippen molar-refractivity contribution in [2.75, 3.05) is 12.3 Å². The van der Waals surface area contributed by atoms with Gasteiger partial charge in [0.2, 0.25) is 5.91 Å². The number of hydrogen-bond acceptors (Lipinski definition) is 4. The molecule has 0 spiro atoms. The maximum Gasteiger partial charge on any atom is 0.254 e. The van der Waals surface area contributed by atoms with E-state index in [1.807, 2.05) is 30.3 Å². The van der Waals surface area contributed by atoms with E-state index in [9.17, 15) is 9.59 Å². The number of nitrogens with zero attached hydrogens (tertiary/aromatic N) is 1. The van der Waals surface area contributed by atoms with Gasteiger partial charge in [0.05, 0.1) is 11.4 Å². The van der Waals surface area contributed by atoms with Gasteiger partial charge < -0.3 is 10.3 Å². The number of aromatic amines is 1. The third-order valence-electron chi connectivity index (χ3n) is 4.09. The fourth-order valence-electron chi connectivity index (χ4n) is 2.82. The van der Waals surface area contributed by atoms with Crippen LogP contribution in [0.25, 0.3) is 0 Å². The number of nitrogens with one attached hydrogen (secondary N) is 2. The molecule has 1 heterocycles. The van der Waals surface area contributed by atoms with Crippen LogP contribution in [0.5, 0.6) is 0 Å². The van der Waals surface area contributed by atoms with E-state index in [0.29, 0.717) is 11.7 Å². The highest BCUT2D eigenvalue weighted by Gasteiger charge is 2.16. The maximum absolute atomic E-state index is 12.0. The van der Waals surface area contributed by atoms with Crippen molar-refractivity contribution >= 4 is 17.7 Å². The van der Waals surface area contributed by atoms with Crippen molar-refractivity contribution in [3.05, 3.63) is 57.5 Å². The topological polar surface area (TPSA) is 74.8 Å². The van der Waals surface area contributed by atoms with Crippen molar-refractivity contribution in [1.29, 1.82) is 0 Å². The SMILES string of the molecule is O=C(CSc1nc2c(c(=O)[nH]1)CCCC2)NCCc1ccccc1. The maximum atomic E-state index is 12.0. The number of carbonyl (C=O) groups excluding carboxylic acids is 1. The highest BCUT2D eigenvalue weighted by atomic mass is 32.2. The summed E-state index contributed by atoms with van der Waals surface area (Å²) in [7, 11) is 0. The van der Waals surface area contributed by atoms with Crippen LogP contribution in [0.2, 0.25) is 0 Å². The molecule has 0 unspecified atom stereocenters. The third kappa shape index (κ3) is 4.47. The van der Waals surface area contributed by atoms with Gasteiger partial charge in [0.1, 0.15) is 0 Å². The second-order valence-corrected chi connectivity index (χ2v) is 6.84. The van der Waals surface area contributed by atoms with Crippen LogP contribution in [0.1, 0.15) is 29.7 Å². The summed E-state index contributed by atoms with van der Waals surface area (Å²) in [5.41, 5.74) is 2.87. The molecule has 1 aliphatic rings. The molecule has 0 radical (unpaired) electrons. The molecular formula is C18H21N3O2S. The molecule has 24 heavy (non-hydrogen) atoms. The van der Waals surface area contributed by atoms with Gasteiger partial charge >= 0.3 is 0 Å². The van der Waals surface area contributed by atoms with Crippen LogP contribution in [0.4, 0.5) is 0 Å². The van der Waals surface area contributed by atoms with E-state index < -0.39 is 0 Å². The van der Waals surface area contributed by atoms with Gasteiger partial charge in [0.15, 0.2) is 5.16 Å². The summed E-state index contributed by atoms with van der Waals surface area (Å²) in [6.07, 6.45) is 4.60. The predicted molar refractivity (Wildman–Crippen MR) is 95.4 cm³/mol. The zero-order chi connectivity index (χ0) is 16.8. The first kappa shape index (κ1) is 16.8. The fourth-order valence-corrected chi connectivity index (χ4v) is 3.53. The summed E-state index contributed by atoms with van der Waals surface area (Å²) >= 11 is 1.28. The largest absolute Gasteiger partial charge is 0.355 e. The van der Waals surface area contributed by atoms with Crippen molar-refractivity contribution in [3.8, 4) is 0 Å². The van der Waals surface area contributed by atoms with Crippen molar-refractivity contribution in [1.82, 2.24) is 15.3 Å². The monoisotopic (exact) mass is 343 g/mol. The Labute approximate surface area is 145 Å². The quantitative estimate of drug-likeness (QED) is 0.622. The first-order valence-corrected chi connectivity index (χ1v) is 9.26. The molecule has 0 saturated carbocycles. The summed E-state index contributed by atoms with van der Waals surface area (Å²) < 4.78 is 0. The molecule has 0 bridgehead atoms. The number of hydrogen-bond donors (Lipinski definition) is 2. The lowest BCUT2D eigenvalue weighted by Gasteiger charge is -2.14. The summed E-state index contributed by atoms with van der Waals surface area (Å²) in [4.78, 5) is 31.3. The van der Waals surface area contributed by atoms with E-state index in [-0.39, 0.29) is 17.2 Å². The molecule has 2 aromatic rings. The number of amides is 1. The van der Waals surface area contributed by atoms with Gasteiger partial charge in [-0.05, 0) is 37.7 Å². The van der Waals surface area contributed by atoms with Crippen LogP contribution in [0, 0.1) is 0 Å². The molecule has 2 N–H and O–H groups in total. The van der Waals surface area contributed by atoms with E-state index in [0.717, 1.165) is 43.4 Å². The van der Waals surface area contributed by atoms with Crippen LogP contribution in [-0.4, -0.2) is 28.2 Å². The molecule has 126 valence electrons. The third-order valence-corrected chi connectivity index (χ3v) is 4.96. The van der Waals surface area contributed by atoms with Crippen LogP contribution in [0.15, 0.2) is 40.3 Å². The summed E-state index contributed by atoms with van der Waals surface area (Å²) in [5, 5.41) is 3.44. The van der Waals surface area contributed by atoms with Crippen LogP contribution in [-0.2, 0) is 24.1 Å². The van der Waals surface area contributed by atoms with E-state index >= 15 is 0 Å². The molecule has 0 aliphatic heterocycles. The van der Waals surface area contributed by atoms with Gasteiger partial charge in [-0.15, -0.1) is 0 Å². The lowest BCUT2D eigenvalue weighted by molar-refractivity contribution is -0.118. The smallest absolute Gasteiger partial charge is 0.254 e. The Balaban J connectivity index is 1.48. The van der Waals surface area contributed by atoms with E-state index in [4.69, 9.17) is 0 Å². The minimum atomic E-state index is -0.0494. The number of carbonyl (C=O) groups is 1. The average Bonchev–Trinajstić information content (AvgIpc) is 2.61. The second-order valence-electron chi connectivity index (χ2n) is 5.88. The number of aromatic nitrogens is 2. The normalized spacial score (nSPS) is 13.3. The zero-order valence-corrected chi connectivity index (χ0v) is 14.3. The van der Waals surface area contributed by atoms with Crippen molar-refractivity contribution < 1.29 is 4.79 Å². The Morgan fingerprint density at radius 1 is 1.21 bits per heavy atom. The first-order chi connectivity index (χ1) is 11.7. The predicted octanol–water partition coefficient (Wildman–Crippen LogP) is 2.10. The van der Waals surface area contributed by atoms with E-state index in [2.05, 4.69) is 15.3 Å². The Kier molecular flexibility index (Phi) is 5.69. The Bertz CT molecular complexity index is 759. The molecule has 0 saturated heterocycles. The Morgan fingerprint density at radius 2 is 2.00 bits per heavy atom. The van der Waals surface area contributed by atoms with E-state index in [1.165, 1.54) is 17.3 Å².